The number of rotatable bonds is 6. The van der Waals surface area contributed by atoms with Gasteiger partial charge in [-0.3, -0.25) is 9.59 Å². The van der Waals surface area contributed by atoms with Crippen LogP contribution >= 0.6 is 0 Å². The first-order valence-corrected chi connectivity index (χ1v) is 9.37. The molecule has 6 heteroatoms. The molecule has 1 aliphatic rings. The molecule has 144 valence electrons. The lowest BCUT2D eigenvalue weighted by atomic mass is 10.1. The van der Waals surface area contributed by atoms with Gasteiger partial charge >= 0.3 is 0 Å². The summed E-state index contributed by atoms with van der Waals surface area (Å²) < 4.78 is 5.19. The fourth-order valence-electron chi connectivity index (χ4n) is 3.69. The van der Waals surface area contributed by atoms with Crippen LogP contribution in [0.5, 0.6) is 5.75 Å². The van der Waals surface area contributed by atoms with E-state index in [4.69, 9.17) is 4.74 Å². The van der Waals surface area contributed by atoms with Crippen LogP contribution in [0.15, 0.2) is 48.7 Å². The van der Waals surface area contributed by atoms with Crippen molar-refractivity contribution in [2.24, 2.45) is 0 Å². The Labute approximate surface area is 163 Å². The molecule has 1 aliphatic heterocycles. The molecule has 1 atom stereocenters. The molecule has 2 heterocycles. The minimum atomic E-state index is -0.495. The highest BCUT2D eigenvalue weighted by Crippen LogP contribution is 2.26. The molecule has 2 amide bonds. The van der Waals surface area contributed by atoms with E-state index in [0.29, 0.717) is 18.0 Å². The molecule has 1 unspecified atom stereocenters. The summed E-state index contributed by atoms with van der Waals surface area (Å²) in [6.07, 6.45) is 2.96. The van der Waals surface area contributed by atoms with Crippen molar-refractivity contribution in [1.82, 2.24) is 10.3 Å². The zero-order valence-electron chi connectivity index (χ0n) is 16.0. The number of hydrogen-bond donors (Lipinski definition) is 2. The molecule has 0 spiro atoms. The van der Waals surface area contributed by atoms with E-state index in [1.54, 1.807) is 31.4 Å². The number of ether oxygens (including phenoxy) is 1. The Bertz CT molecular complexity index is 1040. The number of imide groups is 1. The van der Waals surface area contributed by atoms with Gasteiger partial charge in [-0.15, -0.1) is 0 Å². The maximum Gasteiger partial charge on any atom is 0.251 e. The predicted molar refractivity (Wildman–Crippen MR) is 109 cm³/mol. The van der Waals surface area contributed by atoms with Gasteiger partial charge in [0.15, 0.2) is 0 Å². The zero-order valence-corrected chi connectivity index (χ0v) is 16.0. The smallest absolute Gasteiger partial charge is 0.251 e. The second kappa shape index (κ2) is 7.48. The minimum Gasteiger partial charge on any atom is -0.497 e. The first kappa shape index (κ1) is 18.3. The summed E-state index contributed by atoms with van der Waals surface area (Å²) in [7, 11) is 1.56. The van der Waals surface area contributed by atoms with Crippen molar-refractivity contribution in [2.45, 2.75) is 25.8 Å². The Balaban J connectivity index is 1.42. The van der Waals surface area contributed by atoms with Gasteiger partial charge in [-0.1, -0.05) is 17.7 Å². The molecule has 1 fully saturated rings. The number of methoxy groups -OCH3 is 1. The van der Waals surface area contributed by atoms with Gasteiger partial charge in [-0.25, -0.2) is 4.90 Å². The molecule has 0 aliphatic carbocycles. The molecule has 2 N–H and O–H groups in total. The lowest BCUT2D eigenvalue weighted by Crippen LogP contribution is -2.39. The van der Waals surface area contributed by atoms with Crippen LogP contribution in [-0.4, -0.2) is 36.5 Å². The first-order chi connectivity index (χ1) is 13.6. The number of aryl methyl sites for hydroxylation is 1. The number of fused-ring (bicyclic) bond motifs is 1. The van der Waals surface area contributed by atoms with Crippen LogP contribution in [0.1, 0.15) is 17.5 Å². The quantitative estimate of drug-likeness (QED) is 0.648. The molecule has 0 radical (unpaired) electrons. The second-order valence-corrected chi connectivity index (χ2v) is 7.09. The van der Waals surface area contributed by atoms with E-state index >= 15 is 0 Å². The molecule has 3 aromatic rings. The maximum absolute atomic E-state index is 12.8. The Kier molecular flexibility index (Phi) is 4.88. The van der Waals surface area contributed by atoms with Gasteiger partial charge < -0.3 is 15.0 Å². The summed E-state index contributed by atoms with van der Waals surface area (Å²) in [5, 5.41) is 4.45. The Morgan fingerprint density at radius 1 is 1.21 bits per heavy atom. The number of benzene rings is 2. The van der Waals surface area contributed by atoms with Gasteiger partial charge in [-0.05, 0) is 43.2 Å². The third kappa shape index (κ3) is 3.39. The number of aromatic amines is 1. The van der Waals surface area contributed by atoms with E-state index in [1.807, 2.05) is 6.20 Å². The molecule has 4 rings (SSSR count). The molecule has 0 bridgehead atoms. The lowest BCUT2D eigenvalue weighted by molar-refractivity contribution is -0.121. The van der Waals surface area contributed by atoms with Crippen molar-refractivity contribution in [1.29, 1.82) is 0 Å². The lowest BCUT2D eigenvalue weighted by Gasteiger charge is -2.16. The van der Waals surface area contributed by atoms with E-state index in [9.17, 15) is 9.59 Å². The standard InChI is InChI=1S/C22H23N3O3/c1-14-6-7-19-18(10-14)15(13-24-19)8-9-23-20-12-21(26)25(22(20)27)16-4-3-5-17(11-16)28-2/h3-7,10-11,13,20,23-24H,8-9,12H2,1-2H3. The molecule has 1 aromatic heterocycles. The van der Waals surface area contributed by atoms with Crippen LogP contribution in [0.2, 0.25) is 0 Å². The molecule has 28 heavy (non-hydrogen) atoms. The molecular weight excluding hydrogens is 354 g/mol. The highest BCUT2D eigenvalue weighted by Gasteiger charge is 2.39. The number of nitrogens with zero attached hydrogens (tertiary/aromatic N) is 1. The number of carbonyl (C=O) groups is 2. The third-order valence-electron chi connectivity index (χ3n) is 5.17. The van der Waals surface area contributed by atoms with Gasteiger partial charge in [-0.2, -0.15) is 0 Å². The number of anilines is 1. The largest absolute Gasteiger partial charge is 0.497 e. The summed E-state index contributed by atoms with van der Waals surface area (Å²) in [5.41, 5.74) is 4.07. The summed E-state index contributed by atoms with van der Waals surface area (Å²) in [6.45, 7) is 2.70. The number of hydrogen-bond acceptors (Lipinski definition) is 4. The predicted octanol–water partition coefficient (Wildman–Crippen LogP) is 2.95. The topological polar surface area (TPSA) is 74.4 Å². The van der Waals surface area contributed by atoms with Gasteiger partial charge in [0.1, 0.15) is 5.75 Å². The monoisotopic (exact) mass is 377 g/mol. The average Bonchev–Trinajstić information content (AvgIpc) is 3.22. The SMILES string of the molecule is COc1cccc(N2C(=O)CC(NCCc3c[nH]c4ccc(C)cc34)C2=O)c1. The highest BCUT2D eigenvalue weighted by atomic mass is 16.5. The molecule has 0 saturated carbocycles. The summed E-state index contributed by atoms with van der Waals surface area (Å²) in [5.74, 6) is 0.204. The average molecular weight is 377 g/mol. The van der Waals surface area contributed by atoms with E-state index < -0.39 is 6.04 Å². The normalized spacial score (nSPS) is 16.9. The molecule has 2 aromatic carbocycles. The number of amides is 2. The van der Waals surface area contributed by atoms with Crippen LogP contribution in [0.4, 0.5) is 5.69 Å². The maximum atomic E-state index is 12.8. The van der Waals surface area contributed by atoms with E-state index in [-0.39, 0.29) is 18.2 Å². The van der Waals surface area contributed by atoms with Gasteiger partial charge in [0.25, 0.3) is 5.91 Å². The summed E-state index contributed by atoms with van der Waals surface area (Å²) in [4.78, 5) is 29.7. The van der Waals surface area contributed by atoms with Gasteiger partial charge in [0.2, 0.25) is 5.91 Å². The van der Waals surface area contributed by atoms with E-state index in [2.05, 4.69) is 35.4 Å². The second-order valence-electron chi connectivity index (χ2n) is 7.09. The van der Waals surface area contributed by atoms with Crippen molar-refractivity contribution < 1.29 is 14.3 Å². The van der Waals surface area contributed by atoms with E-state index in [1.165, 1.54) is 21.4 Å². The summed E-state index contributed by atoms with van der Waals surface area (Å²) in [6, 6.07) is 12.8. The highest BCUT2D eigenvalue weighted by molar-refractivity contribution is 6.22. The van der Waals surface area contributed by atoms with Crippen molar-refractivity contribution >= 4 is 28.4 Å². The van der Waals surface area contributed by atoms with Crippen LogP contribution < -0.4 is 15.0 Å². The Morgan fingerprint density at radius 3 is 2.89 bits per heavy atom. The van der Waals surface area contributed by atoms with Crippen LogP contribution in [0.3, 0.4) is 0 Å². The fourth-order valence-corrected chi connectivity index (χ4v) is 3.69. The van der Waals surface area contributed by atoms with Crippen LogP contribution in [0.25, 0.3) is 10.9 Å². The Hall–Kier alpha value is -3.12. The molecule has 1 saturated heterocycles. The number of aromatic nitrogens is 1. The van der Waals surface area contributed by atoms with E-state index in [0.717, 1.165) is 11.9 Å². The van der Waals surface area contributed by atoms with Crippen molar-refractivity contribution in [3.63, 3.8) is 0 Å². The summed E-state index contributed by atoms with van der Waals surface area (Å²) >= 11 is 0. The minimum absolute atomic E-state index is 0.170. The van der Waals surface area contributed by atoms with Crippen molar-refractivity contribution in [3.8, 4) is 5.75 Å². The van der Waals surface area contributed by atoms with Crippen molar-refractivity contribution in [2.75, 3.05) is 18.6 Å². The number of carbonyl (C=O) groups excluding carboxylic acids is 2. The van der Waals surface area contributed by atoms with Gasteiger partial charge in [0, 0.05) is 29.7 Å². The number of H-pyrrole nitrogens is 1. The zero-order chi connectivity index (χ0) is 19.7. The Morgan fingerprint density at radius 2 is 2.07 bits per heavy atom. The van der Waals surface area contributed by atoms with Crippen LogP contribution in [-0.2, 0) is 16.0 Å². The van der Waals surface area contributed by atoms with Crippen molar-refractivity contribution in [3.05, 3.63) is 59.8 Å². The molecule has 6 nitrogen and oxygen atoms in total. The van der Waals surface area contributed by atoms with Gasteiger partial charge in [0.05, 0.1) is 25.3 Å². The number of nitrogens with one attached hydrogen (secondary N) is 2. The first-order valence-electron chi connectivity index (χ1n) is 9.37. The third-order valence-corrected chi connectivity index (χ3v) is 5.17. The molecular formula is C22H23N3O3. The van der Waals surface area contributed by atoms with Crippen LogP contribution in [0, 0.1) is 6.92 Å². The fraction of sp³-hybridized carbons (Fsp3) is 0.273.